The molecular weight excluding hydrogens is 371 g/mol. The van der Waals surface area contributed by atoms with Crippen molar-refractivity contribution in [2.24, 2.45) is 0 Å². The monoisotopic (exact) mass is 392 g/mol. The lowest BCUT2D eigenvalue weighted by Crippen LogP contribution is -2.46. The Hall–Kier alpha value is -1.27. The van der Waals surface area contributed by atoms with Crippen molar-refractivity contribution in [3.8, 4) is 5.75 Å². The number of ether oxygens (including phenoxy) is 1. The highest BCUT2D eigenvalue weighted by Gasteiger charge is 2.30. The molecule has 2 heterocycles. The van der Waals surface area contributed by atoms with Crippen LogP contribution in [0.15, 0.2) is 40.1 Å². The quantitative estimate of drug-likeness (QED) is 0.748. The van der Waals surface area contributed by atoms with E-state index in [-0.39, 0.29) is 11.9 Å². The summed E-state index contributed by atoms with van der Waals surface area (Å²) in [5.41, 5.74) is 2.40. The van der Waals surface area contributed by atoms with Gasteiger partial charge in [-0.3, -0.25) is 4.90 Å². The maximum absolute atomic E-state index is 13.8. The molecule has 2 aromatic rings. The molecule has 4 rings (SSSR count). The van der Waals surface area contributed by atoms with E-state index in [2.05, 4.69) is 16.8 Å². The van der Waals surface area contributed by atoms with Crippen LogP contribution in [0.2, 0.25) is 5.02 Å². The van der Waals surface area contributed by atoms with Gasteiger partial charge in [0.2, 0.25) is 0 Å². The molecule has 1 unspecified atom stereocenters. The summed E-state index contributed by atoms with van der Waals surface area (Å²) >= 11 is 8.07. The molecular formula is C20H22ClFN2OS. The number of benzene rings is 2. The van der Waals surface area contributed by atoms with Crippen molar-refractivity contribution < 1.29 is 9.13 Å². The van der Waals surface area contributed by atoms with Gasteiger partial charge in [-0.25, -0.2) is 4.39 Å². The Balaban J connectivity index is 1.80. The van der Waals surface area contributed by atoms with Gasteiger partial charge in [0.1, 0.15) is 11.6 Å². The third-order valence-electron chi connectivity index (χ3n) is 5.28. The predicted octanol–water partition coefficient (Wildman–Crippen LogP) is 4.48. The number of hydrogen-bond acceptors (Lipinski definition) is 4. The van der Waals surface area contributed by atoms with Gasteiger partial charge in [0.25, 0.3) is 0 Å². The van der Waals surface area contributed by atoms with E-state index >= 15 is 0 Å². The lowest BCUT2D eigenvalue weighted by molar-refractivity contribution is 0.110. The molecule has 0 radical (unpaired) electrons. The van der Waals surface area contributed by atoms with Gasteiger partial charge in [0, 0.05) is 42.0 Å². The molecule has 0 aliphatic carbocycles. The van der Waals surface area contributed by atoms with Crippen molar-refractivity contribution in [3.63, 3.8) is 0 Å². The van der Waals surface area contributed by atoms with Crippen LogP contribution in [0.4, 0.5) is 4.39 Å². The lowest BCUT2D eigenvalue weighted by Gasteiger charge is -2.38. The zero-order valence-electron chi connectivity index (χ0n) is 15.0. The molecule has 0 amide bonds. The summed E-state index contributed by atoms with van der Waals surface area (Å²) in [6.45, 7) is 4.15. The van der Waals surface area contributed by atoms with Crippen LogP contribution >= 0.6 is 23.4 Å². The molecule has 0 N–H and O–H groups in total. The van der Waals surface area contributed by atoms with Gasteiger partial charge >= 0.3 is 0 Å². The minimum atomic E-state index is -0.197. The SMILES string of the molecule is COc1cc2c(cc1Cl)C(N1CCN(C)CC1)Cc1ccc(F)cc1S2. The van der Waals surface area contributed by atoms with Gasteiger partial charge in [-0.15, -0.1) is 0 Å². The maximum atomic E-state index is 13.8. The fourth-order valence-corrected chi connectivity index (χ4v) is 5.16. The smallest absolute Gasteiger partial charge is 0.138 e. The van der Waals surface area contributed by atoms with Crippen LogP contribution in [0, 0.1) is 5.82 Å². The molecule has 2 aliphatic rings. The summed E-state index contributed by atoms with van der Waals surface area (Å²) in [5, 5.41) is 0.628. The Morgan fingerprint density at radius 2 is 1.88 bits per heavy atom. The average molecular weight is 393 g/mol. The highest BCUT2D eigenvalue weighted by molar-refractivity contribution is 7.99. The van der Waals surface area contributed by atoms with E-state index in [0.29, 0.717) is 10.8 Å². The topological polar surface area (TPSA) is 15.7 Å². The molecule has 0 bridgehead atoms. The van der Waals surface area contributed by atoms with Crippen molar-refractivity contribution in [3.05, 3.63) is 52.3 Å². The largest absolute Gasteiger partial charge is 0.495 e. The molecule has 0 aromatic heterocycles. The second kappa shape index (κ2) is 7.39. The van der Waals surface area contributed by atoms with Crippen LogP contribution in [0.1, 0.15) is 17.2 Å². The Labute approximate surface area is 163 Å². The van der Waals surface area contributed by atoms with Crippen LogP contribution in [0.25, 0.3) is 0 Å². The van der Waals surface area contributed by atoms with E-state index in [0.717, 1.165) is 42.4 Å². The molecule has 2 aliphatic heterocycles. The van der Waals surface area contributed by atoms with Gasteiger partial charge in [-0.1, -0.05) is 29.4 Å². The number of piperazine rings is 1. The van der Waals surface area contributed by atoms with Gasteiger partial charge in [-0.05, 0) is 48.9 Å². The number of methoxy groups -OCH3 is 1. The summed E-state index contributed by atoms with van der Waals surface area (Å²) in [7, 11) is 3.79. The minimum Gasteiger partial charge on any atom is -0.495 e. The van der Waals surface area contributed by atoms with E-state index in [4.69, 9.17) is 16.3 Å². The third kappa shape index (κ3) is 3.46. The minimum absolute atomic E-state index is 0.197. The maximum Gasteiger partial charge on any atom is 0.138 e. The number of rotatable bonds is 2. The van der Waals surface area contributed by atoms with Crippen molar-refractivity contribution >= 4 is 23.4 Å². The van der Waals surface area contributed by atoms with Crippen LogP contribution in [-0.4, -0.2) is 50.1 Å². The normalized spacial score (nSPS) is 21.0. The number of nitrogens with zero attached hydrogens (tertiary/aromatic N) is 2. The molecule has 1 saturated heterocycles. The molecule has 3 nitrogen and oxygen atoms in total. The molecule has 6 heteroatoms. The zero-order chi connectivity index (χ0) is 18.3. The van der Waals surface area contributed by atoms with E-state index in [1.165, 1.54) is 11.1 Å². The van der Waals surface area contributed by atoms with Crippen LogP contribution in [0.5, 0.6) is 5.75 Å². The number of hydrogen-bond donors (Lipinski definition) is 0. The van der Waals surface area contributed by atoms with Crippen molar-refractivity contribution in [1.82, 2.24) is 9.80 Å². The van der Waals surface area contributed by atoms with Crippen LogP contribution < -0.4 is 4.74 Å². The summed E-state index contributed by atoms with van der Waals surface area (Å²) in [6, 6.07) is 9.38. The second-order valence-electron chi connectivity index (χ2n) is 6.94. The zero-order valence-corrected chi connectivity index (χ0v) is 16.5. The standard InChI is InChI=1S/C20H22ClFN2OS/c1-23-5-7-24(8-6-23)17-9-13-3-4-14(22)10-19(13)26-20-12-18(25-2)16(21)11-15(17)20/h3-4,10-12,17H,5-9H2,1-2H3. The Bertz CT molecular complexity index is 824. The highest BCUT2D eigenvalue weighted by Crippen LogP contribution is 2.46. The van der Waals surface area contributed by atoms with Crippen molar-refractivity contribution in [2.45, 2.75) is 22.3 Å². The van der Waals surface area contributed by atoms with Crippen LogP contribution in [0.3, 0.4) is 0 Å². The molecule has 1 fully saturated rings. The average Bonchev–Trinajstić information content (AvgIpc) is 2.78. The van der Waals surface area contributed by atoms with Gasteiger partial charge in [0.15, 0.2) is 0 Å². The summed E-state index contributed by atoms with van der Waals surface area (Å²) < 4.78 is 19.3. The van der Waals surface area contributed by atoms with Gasteiger partial charge in [0.05, 0.1) is 12.1 Å². The van der Waals surface area contributed by atoms with E-state index < -0.39 is 0 Å². The lowest BCUT2D eigenvalue weighted by atomic mass is 9.96. The summed E-state index contributed by atoms with van der Waals surface area (Å²) in [4.78, 5) is 6.96. The van der Waals surface area contributed by atoms with Crippen molar-refractivity contribution in [2.75, 3.05) is 40.3 Å². The first kappa shape index (κ1) is 18.1. The Morgan fingerprint density at radius 1 is 1.12 bits per heavy atom. The van der Waals surface area contributed by atoms with Crippen LogP contribution in [-0.2, 0) is 6.42 Å². The fraction of sp³-hybridized carbons (Fsp3) is 0.400. The van der Waals surface area contributed by atoms with Gasteiger partial charge in [-0.2, -0.15) is 0 Å². The van der Waals surface area contributed by atoms with Gasteiger partial charge < -0.3 is 9.64 Å². The third-order valence-corrected chi connectivity index (χ3v) is 6.75. The summed E-state index contributed by atoms with van der Waals surface area (Å²) in [6.07, 6.45) is 0.863. The van der Waals surface area contributed by atoms with E-state index in [1.54, 1.807) is 31.0 Å². The number of halogens is 2. The number of fused-ring (bicyclic) bond motifs is 2. The molecule has 26 heavy (non-hydrogen) atoms. The predicted molar refractivity (Wildman–Crippen MR) is 104 cm³/mol. The fourth-order valence-electron chi connectivity index (χ4n) is 3.74. The Morgan fingerprint density at radius 3 is 2.62 bits per heavy atom. The Kier molecular flexibility index (Phi) is 5.15. The van der Waals surface area contributed by atoms with E-state index in [1.807, 2.05) is 18.2 Å². The molecule has 138 valence electrons. The van der Waals surface area contributed by atoms with Crippen molar-refractivity contribution in [1.29, 1.82) is 0 Å². The molecule has 0 spiro atoms. The molecule has 0 saturated carbocycles. The first-order chi connectivity index (χ1) is 12.5. The summed E-state index contributed by atoms with van der Waals surface area (Å²) in [5.74, 6) is 0.465. The number of likely N-dealkylation sites (N-methyl/N-ethyl adjacent to an activating group) is 1. The first-order valence-corrected chi connectivity index (χ1v) is 10.0. The second-order valence-corrected chi connectivity index (χ2v) is 8.43. The highest BCUT2D eigenvalue weighted by atomic mass is 35.5. The first-order valence-electron chi connectivity index (χ1n) is 8.81. The molecule has 2 aromatic carbocycles. The molecule has 1 atom stereocenters. The van der Waals surface area contributed by atoms with E-state index in [9.17, 15) is 4.39 Å².